The highest BCUT2D eigenvalue weighted by atomic mass is 19.4. The highest BCUT2D eigenvalue weighted by Crippen LogP contribution is 2.47. The smallest absolute Gasteiger partial charge is 0.269 e. The van der Waals surface area contributed by atoms with Gasteiger partial charge in [0, 0.05) is 0 Å². The van der Waals surface area contributed by atoms with Crippen molar-refractivity contribution in [1.82, 2.24) is 19.7 Å². The second kappa shape index (κ2) is 8.16. The van der Waals surface area contributed by atoms with Crippen LogP contribution in [0.3, 0.4) is 0 Å². The highest BCUT2D eigenvalue weighted by Gasteiger charge is 2.53. The normalized spacial score (nSPS) is 18.3. The number of hydrogen-bond acceptors (Lipinski definition) is 3. The SMILES string of the molecule is Fc1cccc(-c2nc3cnn(CC4(C(F)(F)F)C=CC(c5ccccc5)=CC4)cc-3n2)c1F. The molecule has 1 atom stereocenters. The van der Waals surface area contributed by atoms with Crippen LogP contribution in [-0.4, -0.2) is 25.9 Å². The van der Waals surface area contributed by atoms with Crippen molar-refractivity contribution in [2.45, 2.75) is 19.1 Å². The maximum absolute atomic E-state index is 14.2. The fourth-order valence-corrected chi connectivity index (χ4v) is 3.97. The van der Waals surface area contributed by atoms with E-state index in [0.717, 1.165) is 21.9 Å². The molecule has 2 aromatic rings. The number of fused-ring (bicyclic) bond motifs is 1. The predicted octanol–water partition coefficient (Wildman–Crippen LogP) is 6.32. The fourth-order valence-electron chi connectivity index (χ4n) is 3.97. The lowest BCUT2D eigenvalue weighted by molar-refractivity contribution is -0.210. The van der Waals surface area contributed by atoms with E-state index in [1.54, 1.807) is 6.08 Å². The molecule has 0 amide bonds. The molecule has 3 aliphatic rings. The number of nitrogens with zero attached hydrogens (tertiary/aromatic N) is 4. The molecule has 9 heteroatoms. The zero-order valence-electron chi connectivity index (χ0n) is 17.6. The Hall–Kier alpha value is -3.88. The van der Waals surface area contributed by atoms with Crippen LogP contribution in [0.4, 0.5) is 22.0 Å². The van der Waals surface area contributed by atoms with Crippen molar-refractivity contribution in [3.05, 3.63) is 96.4 Å². The molecule has 1 unspecified atom stereocenters. The summed E-state index contributed by atoms with van der Waals surface area (Å²) >= 11 is 0. The molecule has 0 aromatic heterocycles. The lowest BCUT2D eigenvalue weighted by Crippen LogP contribution is -2.41. The van der Waals surface area contributed by atoms with E-state index < -0.39 is 29.8 Å². The van der Waals surface area contributed by atoms with Gasteiger partial charge in [0.25, 0.3) is 0 Å². The molecule has 172 valence electrons. The Morgan fingerprint density at radius 2 is 1.71 bits per heavy atom. The Balaban J connectivity index is 1.46. The van der Waals surface area contributed by atoms with E-state index in [9.17, 15) is 22.0 Å². The zero-order valence-corrected chi connectivity index (χ0v) is 17.6. The fraction of sp³-hybridized carbons (Fsp3) is 0.160. The number of rotatable bonds is 4. The summed E-state index contributed by atoms with van der Waals surface area (Å²) in [4.78, 5) is 8.33. The van der Waals surface area contributed by atoms with E-state index in [0.29, 0.717) is 0 Å². The standard InChI is InChI=1S/C25H17F5N4/c26-19-8-4-7-18(22(19)27)23-32-20-13-31-34(14-21(20)33-23)15-24(25(28,29)30)11-9-17(10-12-24)16-5-2-1-3-6-16/h1-11,13-14H,12,15H2. The number of allylic oxidation sites excluding steroid dienone is 4. The van der Waals surface area contributed by atoms with E-state index in [2.05, 4.69) is 15.1 Å². The van der Waals surface area contributed by atoms with Gasteiger partial charge in [0.15, 0.2) is 17.5 Å². The minimum absolute atomic E-state index is 0.0647. The molecule has 1 aliphatic carbocycles. The Morgan fingerprint density at radius 1 is 0.941 bits per heavy atom. The van der Waals surface area contributed by atoms with Gasteiger partial charge in [-0.25, -0.2) is 18.7 Å². The van der Waals surface area contributed by atoms with Crippen LogP contribution in [0.25, 0.3) is 28.3 Å². The van der Waals surface area contributed by atoms with Gasteiger partial charge < -0.3 is 0 Å². The molecule has 0 bridgehead atoms. The van der Waals surface area contributed by atoms with Gasteiger partial charge in [-0.1, -0.05) is 54.6 Å². The number of benzene rings is 2. The Bertz CT molecular complexity index is 1370. The molecule has 34 heavy (non-hydrogen) atoms. The number of hydrogen-bond donors (Lipinski definition) is 0. The van der Waals surface area contributed by atoms with Crippen molar-refractivity contribution in [3.8, 4) is 22.8 Å². The van der Waals surface area contributed by atoms with Crippen LogP contribution in [0, 0.1) is 17.0 Å². The molecule has 2 aromatic carbocycles. The molecule has 0 fully saturated rings. The average molecular weight is 468 g/mol. The molecule has 0 radical (unpaired) electrons. The third kappa shape index (κ3) is 3.87. The van der Waals surface area contributed by atoms with Crippen molar-refractivity contribution >= 4 is 5.57 Å². The number of halogens is 5. The molecule has 2 heterocycles. The summed E-state index contributed by atoms with van der Waals surface area (Å²) < 4.78 is 71.5. The van der Waals surface area contributed by atoms with Gasteiger partial charge in [-0.15, -0.1) is 0 Å². The van der Waals surface area contributed by atoms with Gasteiger partial charge in [-0.05, 0) is 29.7 Å². The van der Waals surface area contributed by atoms with Crippen LogP contribution in [0.5, 0.6) is 0 Å². The summed E-state index contributed by atoms with van der Waals surface area (Å²) in [5.41, 5.74) is -0.242. The summed E-state index contributed by atoms with van der Waals surface area (Å²) in [6.45, 7) is -0.474. The third-order valence-corrected chi connectivity index (χ3v) is 5.89. The van der Waals surface area contributed by atoms with Crippen molar-refractivity contribution in [2.75, 3.05) is 0 Å². The first-order valence-electron chi connectivity index (χ1n) is 10.4. The monoisotopic (exact) mass is 468 g/mol. The Morgan fingerprint density at radius 3 is 2.41 bits per heavy atom. The van der Waals surface area contributed by atoms with Crippen molar-refractivity contribution in [1.29, 1.82) is 0 Å². The number of alkyl halides is 3. The molecule has 0 saturated carbocycles. The molecule has 5 rings (SSSR count). The second-order valence-electron chi connectivity index (χ2n) is 8.11. The maximum Gasteiger partial charge on any atom is 0.399 e. The van der Waals surface area contributed by atoms with Crippen LogP contribution < -0.4 is 0 Å². The summed E-state index contributed by atoms with van der Waals surface area (Å²) in [6.07, 6.45) is 2.06. The largest absolute Gasteiger partial charge is 0.399 e. The second-order valence-corrected chi connectivity index (χ2v) is 8.11. The predicted molar refractivity (Wildman–Crippen MR) is 116 cm³/mol. The van der Waals surface area contributed by atoms with E-state index >= 15 is 0 Å². The number of imidazole rings is 1. The molecule has 4 nitrogen and oxygen atoms in total. The highest BCUT2D eigenvalue weighted by molar-refractivity contribution is 5.75. The lowest BCUT2D eigenvalue weighted by Gasteiger charge is -2.34. The molecule has 2 aliphatic heterocycles. The average Bonchev–Trinajstić information content (AvgIpc) is 3.24. The van der Waals surface area contributed by atoms with Crippen LogP contribution in [0.2, 0.25) is 0 Å². The topological polar surface area (TPSA) is 43.6 Å². The van der Waals surface area contributed by atoms with Gasteiger partial charge >= 0.3 is 6.18 Å². The first-order valence-corrected chi connectivity index (χ1v) is 10.4. The van der Waals surface area contributed by atoms with Crippen molar-refractivity contribution < 1.29 is 22.0 Å². The van der Waals surface area contributed by atoms with E-state index in [1.165, 1.54) is 36.7 Å². The summed E-state index contributed by atoms with van der Waals surface area (Å²) in [5, 5.41) is 4.08. The quantitative estimate of drug-likeness (QED) is 0.330. The third-order valence-electron chi connectivity index (χ3n) is 5.89. The summed E-state index contributed by atoms with van der Waals surface area (Å²) in [7, 11) is 0. The van der Waals surface area contributed by atoms with Crippen LogP contribution in [0.15, 0.2) is 79.2 Å². The van der Waals surface area contributed by atoms with Gasteiger partial charge in [-0.3, -0.25) is 4.68 Å². The van der Waals surface area contributed by atoms with Crippen LogP contribution in [0.1, 0.15) is 12.0 Å². The minimum atomic E-state index is -4.53. The maximum atomic E-state index is 14.2. The van der Waals surface area contributed by atoms with Gasteiger partial charge in [0.05, 0.1) is 24.5 Å². The van der Waals surface area contributed by atoms with Crippen molar-refractivity contribution in [3.63, 3.8) is 0 Å². The van der Waals surface area contributed by atoms with E-state index in [1.807, 2.05) is 30.3 Å². The molecular formula is C25H17F5N4. The van der Waals surface area contributed by atoms with Gasteiger partial charge in [0.2, 0.25) is 0 Å². The number of aromatic nitrogens is 4. The minimum Gasteiger partial charge on any atom is -0.269 e. The first-order chi connectivity index (χ1) is 16.3. The van der Waals surface area contributed by atoms with Crippen molar-refractivity contribution in [2.24, 2.45) is 5.41 Å². The first kappa shape index (κ1) is 21.9. The Labute approximate surface area is 191 Å². The zero-order chi connectivity index (χ0) is 23.9. The Kier molecular flexibility index (Phi) is 5.27. The molecule has 0 spiro atoms. The molecule has 0 N–H and O–H groups in total. The van der Waals surface area contributed by atoms with Gasteiger partial charge in [-0.2, -0.15) is 18.3 Å². The van der Waals surface area contributed by atoms with Crippen LogP contribution in [-0.2, 0) is 6.54 Å². The molecular weight excluding hydrogens is 451 g/mol. The molecule has 0 saturated heterocycles. The van der Waals surface area contributed by atoms with E-state index in [-0.39, 0.29) is 29.2 Å². The summed E-state index contributed by atoms with van der Waals surface area (Å²) in [6, 6.07) is 12.8. The van der Waals surface area contributed by atoms with Crippen LogP contribution >= 0.6 is 0 Å². The summed E-state index contributed by atoms with van der Waals surface area (Å²) in [5.74, 6) is -2.20. The van der Waals surface area contributed by atoms with E-state index in [4.69, 9.17) is 0 Å². The van der Waals surface area contributed by atoms with Gasteiger partial charge in [0.1, 0.15) is 16.8 Å². The lowest BCUT2D eigenvalue weighted by atomic mass is 9.78.